The molecule has 37 heavy (non-hydrogen) atoms. The van der Waals surface area contributed by atoms with Gasteiger partial charge in [0.15, 0.2) is 0 Å². The molecule has 4 aromatic rings. The highest BCUT2D eigenvalue weighted by molar-refractivity contribution is 5.87. The minimum Gasteiger partial charge on any atom is -0.481 e. The van der Waals surface area contributed by atoms with Gasteiger partial charge in [0.1, 0.15) is 0 Å². The molecule has 0 fully saturated rings. The van der Waals surface area contributed by atoms with E-state index in [9.17, 15) is 19.8 Å². The molecule has 0 aromatic heterocycles. The smallest absolute Gasteiger partial charge is 0.306 e. The second-order valence-corrected chi connectivity index (χ2v) is 10.2. The molecule has 0 amide bonds. The predicted octanol–water partition coefficient (Wildman–Crippen LogP) is 7.51. The highest BCUT2D eigenvalue weighted by atomic mass is 16.4. The lowest BCUT2D eigenvalue weighted by Gasteiger charge is -2.35. The van der Waals surface area contributed by atoms with Gasteiger partial charge >= 0.3 is 11.9 Å². The Morgan fingerprint density at radius 3 is 1.32 bits per heavy atom. The molecule has 4 nitrogen and oxygen atoms in total. The zero-order valence-electron chi connectivity index (χ0n) is 21.0. The first kappa shape index (κ1) is 24.5. The summed E-state index contributed by atoms with van der Waals surface area (Å²) in [6.07, 6.45) is 0.632. The Hall–Kier alpha value is -4.18. The van der Waals surface area contributed by atoms with Crippen molar-refractivity contribution < 1.29 is 19.8 Å². The SMILES string of the molecule is CC(CC1(CC(C)C(=O)O)c2cc(-c3ccccc3)ccc2-c2ccc(-c3ccccc3)cc21)C(=O)O. The van der Waals surface area contributed by atoms with Crippen LogP contribution in [0.1, 0.15) is 37.8 Å². The molecule has 4 heteroatoms. The molecule has 5 rings (SSSR count). The van der Waals surface area contributed by atoms with Crippen molar-refractivity contribution in [3.63, 3.8) is 0 Å². The molecule has 0 radical (unpaired) electrons. The van der Waals surface area contributed by atoms with Gasteiger partial charge in [-0.1, -0.05) is 98.8 Å². The first-order valence-corrected chi connectivity index (χ1v) is 12.7. The van der Waals surface area contributed by atoms with Crippen LogP contribution in [-0.4, -0.2) is 22.2 Å². The van der Waals surface area contributed by atoms with Crippen LogP contribution in [0.2, 0.25) is 0 Å². The molecule has 4 aromatic carbocycles. The third kappa shape index (κ3) is 4.44. The van der Waals surface area contributed by atoms with Gasteiger partial charge in [0, 0.05) is 5.41 Å². The van der Waals surface area contributed by atoms with E-state index in [0.29, 0.717) is 12.8 Å². The van der Waals surface area contributed by atoms with Gasteiger partial charge in [-0.25, -0.2) is 0 Å². The Morgan fingerprint density at radius 2 is 0.973 bits per heavy atom. The third-order valence-electron chi connectivity index (χ3n) is 7.73. The molecule has 0 spiro atoms. The first-order valence-electron chi connectivity index (χ1n) is 12.7. The summed E-state index contributed by atoms with van der Waals surface area (Å²) in [6, 6.07) is 32.9. The number of carbonyl (C=O) groups is 2. The molecule has 2 N–H and O–H groups in total. The molecule has 1 aliphatic rings. The summed E-state index contributed by atoms with van der Waals surface area (Å²) < 4.78 is 0. The largest absolute Gasteiger partial charge is 0.481 e. The minimum atomic E-state index is -0.879. The van der Waals surface area contributed by atoms with Crippen molar-refractivity contribution in [2.45, 2.75) is 32.1 Å². The van der Waals surface area contributed by atoms with E-state index in [0.717, 1.165) is 44.5 Å². The van der Waals surface area contributed by atoms with Crippen molar-refractivity contribution in [1.82, 2.24) is 0 Å². The van der Waals surface area contributed by atoms with Gasteiger partial charge in [-0.15, -0.1) is 0 Å². The van der Waals surface area contributed by atoms with Gasteiger partial charge < -0.3 is 10.2 Å². The van der Waals surface area contributed by atoms with E-state index in [1.54, 1.807) is 13.8 Å². The van der Waals surface area contributed by atoms with Crippen molar-refractivity contribution in [2.24, 2.45) is 11.8 Å². The second-order valence-electron chi connectivity index (χ2n) is 10.2. The second kappa shape index (κ2) is 9.70. The fraction of sp³-hybridized carbons (Fsp3) is 0.212. The van der Waals surface area contributed by atoms with Crippen LogP contribution < -0.4 is 0 Å². The third-order valence-corrected chi connectivity index (χ3v) is 7.73. The monoisotopic (exact) mass is 490 g/mol. The van der Waals surface area contributed by atoms with Gasteiger partial charge in [0.25, 0.3) is 0 Å². The van der Waals surface area contributed by atoms with Crippen molar-refractivity contribution in [1.29, 1.82) is 0 Å². The highest BCUT2D eigenvalue weighted by Gasteiger charge is 2.46. The molecule has 186 valence electrons. The summed E-state index contributed by atoms with van der Waals surface area (Å²) in [6.45, 7) is 3.44. The van der Waals surface area contributed by atoms with Gasteiger partial charge in [0.2, 0.25) is 0 Å². The number of hydrogen-bond donors (Lipinski definition) is 2. The van der Waals surface area contributed by atoms with Crippen LogP contribution in [0.15, 0.2) is 97.1 Å². The molecular weight excluding hydrogens is 460 g/mol. The van der Waals surface area contributed by atoms with Crippen molar-refractivity contribution in [3.8, 4) is 33.4 Å². The van der Waals surface area contributed by atoms with Crippen LogP contribution >= 0.6 is 0 Å². The molecule has 2 unspecified atom stereocenters. The quantitative estimate of drug-likeness (QED) is 0.268. The number of benzene rings is 4. The van der Waals surface area contributed by atoms with E-state index in [1.807, 2.05) is 36.4 Å². The van der Waals surface area contributed by atoms with Crippen LogP contribution in [0.25, 0.3) is 33.4 Å². The number of fused-ring (bicyclic) bond motifs is 3. The van der Waals surface area contributed by atoms with E-state index in [1.165, 1.54) is 0 Å². The Labute approximate surface area is 217 Å². The lowest BCUT2D eigenvalue weighted by molar-refractivity contribution is -0.142. The topological polar surface area (TPSA) is 74.6 Å². The van der Waals surface area contributed by atoms with Crippen LogP contribution in [0.5, 0.6) is 0 Å². The van der Waals surface area contributed by atoms with Gasteiger partial charge in [-0.2, -0.15) is 0 Å². The molecule has 0 saturated carbocycles. The van der Waals surface area contributed by atoms with Crippen molar-refractivity contribution >= 4 is 11.9 Å². The normalized spacial score (nSPS) is 14.9. The fourth-order valence-corrected chi connectivity index (χ4v) is 5.86. The average Bonchev–Trinajstić information content (AvgIpc) is 3.17. The Kier molecular flexibility index (Phi) is 6.43. The summed E-state index contributed by atoms with van der Waals surface area (Å²) in [5.41, 5.74) is 7.56. The number of rotatable bonds is 8. The number of carboxylic acids is 2. The first-order chi connectivity index (χ1) is 17.8. The van der Waals surface area contributed by atoms with E-state index < -0.39 is 29.2 Å². The summed E-state index contributed by atoms with van der Waals surface area (Å²) in [5, 5.41) is 19.9. The average molecular weight is 491 g/mol. The molecule has 2 atom stereocenters. The molecule has 0 saturated heterocycles. The Morgan fingerprint density at radius 1 is 0.595 bits per heavy atom. The van der Waals surface area contributed by atoms with Crippen LogP contribution in [0.3, 0.4) is 0 Å². The van der Waals surface area contributed by atoms with Crippen LogP contribution in [0.4, 0.5) is 0 Å². The van der Waals surface area contributed by atoms with E-state index >= 15 is 0 Å². The summed E-state index contributed by atoms with van der Waals surface area (Å²) in [7, 11) is 0. The molecular formula is C33H30O4. The highest BCUT2D eigenvalue weighted by Crippen LogP contribution is 2.56. The van der Waals surface area contributed by atoms with Crippen molar-refractivity contribution in [2.75, 3.05) is 0 Å². The zero-order chi connectivity index (χ0) is 26.2. The number of hydrogen-bond acceptors (Lipinski definition) is 2. The van der Waals surface area contributed by atoms with Gasteiger partial charge in [-0.05, 0) is 69.5 Å². The molecule has 0 heterocycles. The van der Waals surface area contributed by atoms with Crippen LogP contribution in [-0.2, 0) is 15.0 Å². The predicted molar refractivity (Wildman–Crippen MR) is 146 cm³/mol. The van der Waals surface area contributed by atoms with E-state index in [-0.39, 0.29) is 0 Å². The minimum absolute atomic E-state index is 0.316. The standard InChI is InChI=1S/C33H30O4/c1-21(31(34)35)19-33(20-22(2)32(36)37)29-17-25(23-9-5-3-6-10-23)13-15-27(29)28-16-14-26(18-30(28)33)24-11-7-4-8-12-24/h3-18,21-22H,19-20H2,1-2H3,(H,34,35)(H,36,37). The lowest BCUT2D eigenvalue weighted by Crippen LogP contribution is -2.34. The lowest BCUT2D eigenvalue weighted by atomic mass is 9.67. The summed E-state index contributed by atoms with van der Waals surface area (Å²) in [4.78, 5) is 24.3. The van der Waals surface area contributed by atoms with Gasteiger partial charge in [-0.3, -0.25) is 9.59 Å². The number of aliphatic carboxylic acids is 2. The van der Waals surface area contributed by atoms with Crippen LogP contribution in [0, 0.1) is 11.8 Å². The molecule has 0 bridgehead atoms. The fourth-order valence-electron chi connectivity index (χ4n) is 5.86. The zero-order valence-corrected chi connectivity index (χ0v) is 21.0. The molecule has 0 aliphatic heterocycles. The maximum absolute atomic E-state index is 12.1. The number of carboxylic acid groups (broad SMARTS) is 2. The molecule has 1 aliphatic carbocycles. The summed E-state index contributed by atoms with van der Waals surface area (Å²) in [5.74, 6) is -3.06. The van der Waals surface area contributed by atoms with Crippen molar-refractivity contribution in [3.05, 3.63) is 108 Å². The Balaban J connectivity index is 1.78. The summed E-state index contributed by atoms with van der Waals surface area (Å²) >= 11 is 0. The van der Waals surface area contributed by atoms with E-state index in [2.05, 4.69) is 60.7 Å². The maximum Gasteiger partial charge on any atom is 0.306 e. The maximum atomic E-state index is 12.1. The Bertz CT molecular complexity index is 1340. The van der Waals surface area contributed by atoms with E-state index in [4.69, 9.17) is 0 Å². The van der Waals surface area contributed by atoms with Gasteiger partial charge in [0.05, 0.1) is 11.8 Å².